The number of nitrogens with one attached hydrogen (secondary N) is 1. The van der Waals surface area contributed by atoms with E-state index >= 15 is 0 Å². The molecule has 0 saturated heterocycles. The van der Waals surface area contributed by atoms with Crippen LogP contribution in [0, 0.1) is 0 Å². The molecule has 0 spiro atoms. The molecular weight excluding hydrogens is 146 g/mol. The SMILES string of the molecule is CN/C=C\C=C1\C=CC=C(C)C1. The molecule has 0 saturated carbocycles. The van der Waals surface area contributed by atoms with Gasteiger partial charge in [0.05, 0.1) is 0 Å². The molecule has 64 valence electrons. The van der Waals surface area contributed by atoms with E-state index in [4.69, 9.17) is 0 Å². The molecule has 0 amide bonds. The zero-order valence-corrected chi connectivity index (χ0v) is 7.67. The average Bonchev–Trinajstić information content (AvgIpc) is 2.05. The van der Waals surface area contributed by atoms with Crippen molar-refractivity contribution >= 4 is 0 Å². The molecule has 0 aromatic heterocycles. The normalized spacial score (nSPS) is 20.2. The Kier molecular flexibility index (Phi) is 3.39. The van der Waals surface area contributed by atoms with Gasteiger partial charge in [0, 0.05) is 7.05 Å². The van der Waals surface area contributed by atoms with E-state index in [0.717, 1.165) is 6.42 Å². The van der Waals surface area contributed by atoms with Crippen LogP contribution in [0.3, 0.4) is 0 Å². The fourth-order valence-corrected chi connectivity index (χ4v) is 1.16. The Balaban J connectivity index is 2.55. The summed E-state index contributed by atoms with van der Waals surface area (Å²) in [7, 11) is 1.90. The lowest BCUT2D eigenvalue weighted by Crippen LogP contribution is -1.90. The summed E-state index contributed by atoms with van der Waals surface area (Å²) in [4.78, 5) is 0. The molecule has 0 fully saturated rings. The molecule has 0 atom stereocenters. The molecule has 0 aromatic carbocycles. The van der Waals surface area contributed by atoms with E-state index < -0.39 is 0 Å². The number of hydrogen-bond donors (Lipinski definition) is 1. The van der Waals surface area contributed by atoms with Gasteiger partial charge in [0.1, 0.15) is 0 Å². The first-order chi connectivity index (χ1) is 5.83. The van der Waals surface area contributed by atoms with Gasteiger partial charge in [0.25, 0.3) is 0 Å². The standard InChI is InChI=1S/C11H15N/c1-10-5-3-6-11(9-10)7-4-8-12-2/h3-8,12H,9H2,1-2H3/b8-4-,11-7-. The number of rotatable bonds is 2. The van der Waals surface area contributed by atoms with Crippen molar-refractivity contribution in [3.63, 3.8) is 0 Å². The maximum atomic E-state index is 2.95. The van der Waals surface area contributed by atoms with Crippen molar-refractivity contribution in [2.24, 2.45) is 0 Å². The summed E-state index contributed by atoms with van der Waals surface area (Å²) in [5.74, 6) is 0. The summed E-state index contributed by atoms with van der Waals surface area (Å²) in [5.41, 5.74) is 2.78. The molecule has 0 radical (unpaired) electrons. The lowest BCUT2D eigenvalue weighted by Gasteiger charge is -2.05. The van der Waals surface area contributed by atoms with Crippen LogP contribution in [-0.4, -0.2) is 7.05 Å². The van der Waals surface area contributed by atoms with Crippen LogP contribution >= 0.6 is 0 Å². The fourth-order valence-electron chi connectivity index (χ4n) is 1.16. The molecule has 12 heavy (non-hydrogen) atoms. The molecule has 1 nitrogen and oxygen atoms in total. The van der Waals surface area contributed by atoms with Crippen molar-refractivity contribution in [2.75, 3.05) is 7.05 Å². The average molecular weight is 161 g/mol. The summed E-state index contributed by atoms with van der Waals surface area (Å²) in [6.45, 7) is 2.15. The van der Waals surface area contributed by atoms with E-state index in [1.54, 1.807) is 0 Å². The highest BCUT2D eigenvalue weighted by molar-refractivity contribution is 5.35. The fraction of sp³-hybridized carbons (Fsp3) is 0.273. The van der Waals surface area contributed by atoms with E-state index in [1.807, 2.05) is 19.3 Å². The van der Waals surface area contributed by atoms with Gasteiger partial charge in [-0.15, -0.1) is 0 Å². The van der Waals surface area contributed by atoms with Gasteiger partial charge in [-0.3, -0.25) is 0 Å². The predicted octanol–water partition coefficient (Wildman–Crippen LogP) is 2.55. The van der Waals surface area contributed by atoms with Crippen LogP contribution in [0.5, 0.6) is 0 Å². The molecule has 1 heteroatoms. The van der Waals surface area contributed by atoms with Gasteiger partial charge in [-0.05, 0) is 31.2 Å². The largest absolute Gasteiger partial charge is 0.394 e. The molecule has 1 rings (SSSR count). The molecule has 1 aliphatic carbocycles. The van der Waals surface area contributed by atoms with Crippen LogP contribution in [0.1, 0.15) is 13.3 Å². The Bertz CT molecular complexity index is 254. The first-order valence-corrected chi connectivity index (χ1v) is 4.20. The number of hydrogen-bond acceptors (Lipinski definition) is 1. The van der Waals surface area contributed by atoms with Crippen molar-refractivity contribution in [3.8, 4) is 0 Å². The third kappa shape index (κ3) is 2.79. The second kappa shape index (κ2) is 4.60. The van der Waals surface area contributed by atoms with Crippen LogP contribution < -0.4 is 5.32 Å². The Hall–Kier alpha value is -1.24. The molecule has 1 N–H and O–H groups in total. The molecule has 0 heterocycles. The third-order valence-corrected chi connectivity index (χ3v) is 1.75. The van der Waals surface area contributed by atoms with Crippen molar-refractivity contribution in [1.82, 2.24) is 5.32 Å². The number of allylic oxidation sites excluding steroid dienone is 7. The third-order valence-electron chi connectivity index (χ3n) is 1.75. The topological polar surface area (TPSA) is 12.0 Å². The van der Waals surface area contributed by atoms with Gasteiger partial charge < -0.3 is 5.32 Å². The van der Waals surface area contributed by atoms with Crippen LogP contribution in [0.15, 0.2) is 47.7 Å². The highest BCUT2D eigenvalue weighted by Gasteiger charge is 1.96. The minimum absolute atomic E-state index is 1.07. The van der Waals surface area contributed by atoms with Crippen molar-refractivity contribution in [1.29, 1.82) is 0 Å². The summed E-state index contributed by atoms with van der Waals surface area (Å²) < 4.78 is 0. The predicted molar refractivity (Wildman–Crippen MR) is 53.8 cm³/mol. The van der Waals surface area contributed by atoms with Crippen LogP contribution in [0.25, 0.3) is 0 Å². The Labute approximate surface area is 74.2 Å². The summed E-state index contributed by atoms with van der Waals surface area (Å²) in [6, 6.07) is 0. The van der Waals surface area contributed by atoms with E-state index in [1.165, 1.54) is 11.1 Å². The summed E-state index contributed by atoms with van der Waals surface area (Å²) in [6.07, 6.45) is 13.5. The first-order valence-electron chi connectivity index (χ1n) is 4.20. The highest BCUT2D eigenvalue weighted by atomic mass is 14.8. The van der Waals surface area contributed by atoms with Crippen LogP contribution in [0.4, 0.5) is 0 Å². The van der Waals surface area contributed by atoms with Gasteiger partial charge >= 0.3 is 0 Å². The van der Waals surface area contributed by atoms with Gasteiger partial charge in [-0.1, -0.05) is 29.9 Å². The Morgan fingerprint density at radius 2 is 2.33 bits per heavy atom. The van der Waals surface area contributed by atoms with E-state index in [-0.39, 0.29) is 0 Å². The van der Waals surface area contributed by atoms with Crippen molar-refractivity contribution < 1.29 is 0 Å². The lowest BCUT2D eigenvalue weighted by molar-refractivity contribution is 1.10. The first kappa shape index (κ1) is 8.85. The van der Waals surface area contributed by atoms with Crippen LogP contribution in [0.2, 0.25) is 0 Å². The molecule has 0 unspecified atom stereocenters. The monoisotopic (exact) mass is 161 g/mol. The highest BCUT2D eigenvalue weighted by Crippen LogP contribution is 2.16. The van der Waals surface area contributed by atoms with Gasteiger partial charge in [0.2, 0.25) is 0 Å². The van der Waals surface area contributed by atoms with Gasteiger partial charge in [-0.2, -0.15) is 0 Å². The second-order valence-electron chi connectivity index (χ2n) is 2.94. The quantitative estimate of drug-likeness (QED) is 0.656. The Morgan fingerprint density at radius 3 is 3.00 bits per heavy atom. The minimum Gasteiger partial charge on any atom is -0.394 e. The maximum absolute atomic E-state index is 2.95. The minimum atomic E-state index is 1.07. The zero-order chi connectivity index (χ0) is 8.81. The molecule has 0 bridgehead atoms. The second-order valence-corrected chi connectivity index (χ2v) is 2.94. The molecular formula is C11H15N. The summed E-state index contributed by atoms with van der Waals surface area (Å²) in [5, 5.41) is 2.95. The summed E-state index contributed by atoms with van der Waals surface area (Å²) >= 11 is 0. The van der Waals surface area contributed by atoms with Crippen LogP contribution in [-0.2, 0) is 0 Å². The van der Waals surface area contributed by atoms with E-state index in [0.29, 0.717) is 0 Å². The lowest BCUT2D eigenvalue weighted by atomic mass is 10.0. The van der Waals surface area contributed by atoms with Crippen molar-refractivity contribution in [2.45, 2.75) is 13.3 Å². The zero-order valence-electron chi connectivity index (χ0n) is 7.67. The van der Waals surface area contributed by atoms with E-state index in [2.05, 4.69) is 36.5 Å². The maximum Gasteiger partial charge on any atom is 0.00277 e. The smallest absolute Gasteiger partial charge is 0.00277 e. The van der Waals surface area contributed by atoms with Gasteiger partial charge in [0.15, 0.2) is 0 Å². The molecule has 0 aromatic rings. The van der Waals surface area contributed by atoms with E-state index in [9.17, 15) is 0 Å². The Morgan fingerprint density at radius 1 is 1.50 bits per heavy atom. The van der Waals surface area contributed by atoms with Gasteiger partial charge in [-0.25, -0.2) is 0 Å². The molecule has 1 aliphatic rings. The van der Waals surface area contributed by atoms with Crippen molar-refractivity contribution in [3.05, 3.63) is 47.7 Å². The molecule has 0 aliphatic heterocycles.